The molecule has 1 aromatic rings. The van der Waals surface area contributed by atoms with E-state index < -0.39 is 0 Å². The first-order valence-corrected chi connectivity index (χ1v) is 9.68. The predicted molar refractivity (Wildman–Crippen MR) is 105 cm³/mol. The maximum atomic E-state index is 5.41. The lowest BCUT2D eigenvalue weighted by molar-refractivity contribution is 0.0384. The lowest BCUT2D eigenvalue weighted by Crippen LogP contribution is -2.40. The van der Waals surface area contributed by atoms with Gasteiger partial charge in [-0.1, -0.05) is 61.6 Å². The van der Waals surface area contributed by atoms with Crippen LogP contribution in [0.25, 0.3) is 0 Å². The van der Waals surface area contributed by atoms with Crippen LogP contribution in [0.15, 0.2) is 54.6 Å². The van der Waals surface area contributed by atoms with E-state index in [2.05, 4.69) is 71.8 Å². The molecule has 0 amide bonds. The summed E-state index contributed by atoms with van der Waals surface area (Å²) >= 11 is 0. The molecular weight excluding hydrogens is 308 g/mol. The van der Waals surface area contributed by atoms with Crippen LogP contribution in [0, 0.1) is 5.41 Å². The number of rotatable bonds is 8. The first-order valence-electron chi connectivity index (χ1n) is 9.68. The summed E-state index contributed by atoms with van der Waals surface area (Å²) in [4.78, 5) is 2.49. The molecule has 2 atom stereocenters. The van der Waals surface area contributed by atoms with E-state index in [9.17, 15) is 0 Å². The third-order valence-corrected chi connectivity index (χ3v) is 5.60. The first-order chi connectivity index (χ1) is 12.3. The maximum Gasteiger partial charge on any atom is 0.0594 e. The SMILES string of the molecule is CC1(C(CCNCCN2CCOCC2)c2ccccc2)C=CC=CC1. The molecule has 0 radical (unpaired) electrons. The molecule has 1 heterocycles. The van der Waals surface area contributed by atoms with E-state index in [0.29, 0.717) is 5.92 Å². The van der Waals surface area contributed by atoms with Crippen molar-refractivity contribution in [2.45, 2.75) is 25.7 Å². The van der Waals surface area contributed by atoms with Gasteiger partial charge in [0, 0.05) is 26.2 Å². The average Bonchev–Trinajstić information content (AvgIpc) is 2.66. The molecule has 3 nitrogen and oxygen atoms in total. The van der Waals surface area contributed by atoms with E-state index in [1.165, 1.54) is 12.0 Å². The fourth-order valence-corrected chi connectivity index (χ4v) is 4.00. The second kappa shape index (κ2) is 9.33. The minimum Gasteiger partial charge on any atom is -0.379 e. The van der Waals surface area contributed by atoms with Gasteiger partial charge in [0.15, 0.2) is 0 Å². The van der Waals surface area contributed by atoms with Gasteiger partial charge in [-0.25, -0.2) is 0 Å². The molecule has 25 heavy (non-hydrogen) atoms. The molecule has 3 heteroatoms. The largest absolute Gasteiger partial charge is 0.379 e. The molecule has 2 unspecified atom stereocenters. The highest BCUT2D eigenvalue weighted by Gasteiger charge is 2.32. The lowest BCUT2D eigenvalue weighted by Gasteiger charge is -2.36. The fraction of sp³-hybridized carbons (Fsp3) is 0.545. The van der Waals surface area contributed by atoms with E-state index >= 15 is 0 Å². The van der Waals surface area contributed by atoms with Gasteiger partial charge >= 0.3 is 0 Å². The van der Waals surface area contributed by atoms with Crippen LogP contribution in [0.4, 0.5) is 0 Å². The van der Waals surface area contributed by atoms with Crippen molar-refractivity contribution in [2.75, 3.05) is 45.9 Å². The highest BCUT2D eigenvalue weighted by Crippen LogP contribution is 2.43. The molecule has 1 aliphatic carbocycles. The van der Waals surface area contributed by atoms with Crippen molar-refractivity contribution in [1.29, 1.82) is 0 Å². The molecule has 1 fully saturated rings. The van der Waals surface area contributed by atoms with E-state index in [-0.39, 0.29) is 5.41 Å². The smallest absolute Gasteiger partial charge is 0.0594 e. The van der Waals surface area contributed by atoms with Gasteiger partial charge in [0.25, 0.3) is 0 Å². The van der Waals surface area contributed by atoms with Crippen LogP contribution in [0.1, 0.15) is 31.2 Å². The molecule has 0 bridgehead atoms. The molecule has 2 aliphatic rings. The van der Waals surface area contributed by atoms with E-state index in [1.54, 1.807) is 0 Å². The van der Waals surface area contributed by atoms with Crippen molar-refractivity contribution in [1.82, 2.24) is 10.2 Å². The Bertz CT molecular complexity index is 563. The van der Waals surface area contributed by atoms with Crippen molar-refractivity contribution in [3.63, 3.8) is 0 Å². The topological polar surface area (TPSA) is 24.5 Å². The van der Waals surface area contributed by atoms with Crippen molar-refractivity contribution in [2.24, 2.45) is 5.41 Å². The summed E-state index contributed by atoms with van der Waals surface area (Å²) in [7, 11) is 0. The number of benzene rings is 1. The second-order valence-electron chi connectivity index (χ2n) is 7.45. The summed E-state index contributed by atoms with van der Waals surface area (Å²) < 4.78 is 5.41. The van der Waals surface area contributed by atoms with Crippen LogP contribution < -0.4 is 5.32 Å². The predicted octanol–water partition coefficient (Wildman–Crippen LogP) is 3.60. The monoisotopic (exact) mass is 340 g/mol. The van der Waals surface area contributed by atoms with Gasteiger partial charge in [-0.3, -0.25) is 4.90 Å². The summed E-state index contributed by atoms with van der Waals surface area (Å²) in [6.07, 6.45) is 11.4. The fourth-order valence-electron chi connectivity index (χ4n) is 4.00. The van der Waals surface area contributed by atoms with Crippen molar-refractivity contribution < 1.29 is 4.74 Å². The third-order valence-electron chi connectivity index (χ3n) is 5.60. The van der Waals surface area contributed by atoms with Gasteiger partial charge in [0.1, 0.15) is 0 Å². The Morgan fingerprint density at radius 3 is 2.64 bits per heavy atom. The summed E-state index contributed by atoms with van der Waals surface area (Å²) in [6.45, 7) is 9.57. The van der Waals surface area contributed by atoms with E-state index in [1.807, 2.05) is 0 Å². The summed E-state index contributed by atoms with van der Waals surface area (Å²) in [5.74, 6) is 0.547. The molecule has 1 aromatic carbocycles. The standard InChI is InChI=1S/C22H32N2O/c1-22(11-6-3-7-12-22)21(20-8-4-2-5-9-20)10-13-23-14-15-24-16-18-25-19-17-24/h2-9,11,21,23H,10,12-19H2,1H3. The zero-order chi connectivity index (χ0) is 17.4. The number of nitrogens with zero attached hydrogens (tertiary/aromatic N) is 1. The van der Waals surface area contributed by atoms with E-state index in [0.717, 1.165) is 52.4 Å². The van der Waals surface area contributed by atoms with E-state index in [4.69, 9.17) is 4.74 Å². The van der Waals surface area contributed by atoms with Gasteiger partial charge in [-0.2, -0.15) is 0 Å². The molecule has 0 aromatic heterocycles. The number of hydrogen-bond donors (Lipinski definition) is 1. The number of nitrogens with one attached hydrogen (secondary N) is 1. The first kappa shape index (κ1) is 18.4. The minimum atomic E-state index is 0.210. The number of allylic oxidation sites excluding steroid dienone is 4. The number of hydrogen-bond acceptors (Lipinski definition) is 3. The normalized spacial score (nSPS) is 25.2. The Hall–Kier alpha value is -1.42. The highest BCUT2D eigenvalue weighted by molar-refractivity contribution is 5.28. The summed E-state index contributed by atoms with van der Waals surface area (Å²) in [5, 5.41) is 3.66. The van der Waals surface area contributed by atoms with Crippen LogP contribution in [-0.4, -0.2) is 50.8 Å². The zero-order valence-corrected chi connectivity index (χ0v) is 15.5. The quantitative estimate of drug-likeness (QED) is 0.732. The molecule has 0 spiro atoms. The molecular formula is C22H32N2O. The maximum absolute atomic E-state index is 5.41. The van der Waals surface area contributed by atoms with Gasteiger partial charge < -0.3 is 10.1 Å². The Labute approximate surface area is 152 Å². The van der Waals surface area contributed by atoms with Gasteiger partial charge in [-0.05, 0) is 36.3 Å². The van der Waals surface area contributed by atoms with Crippen LogP contribution >= 0.6 is 0 Å². The van der Waals surface area contributed by atoms with Gasteiger partial charge in [0.05, 0.1) is 13.2 Å². The van der Waals surface area contributed by atoms with Crippen LogP contribution in [0.2, 0.25) is 0 Å². The molecule has 0 saturated carbocycles. The number of ether oxygens (including phenoxy) is 1. The molecule has 1 aliphatic heterocycles. The van der Waals surface area contributed by atoms with Crippen LogP contribution in [0.5, 0.6) is 0 Å². The zero-order valence-electron chi connectivity index (χ0n) is 15.5. The molecule has 136 valence electrons. The lowest BCUT2D eigenvalue weighted by atomic mass is 9.68. The Balaban J connectivity index is 1.51. The Kier molecular flexibility index (Phi) is 6.85. The molecule has 3 rings (SSSR count). The minimum absolute atomic E-state index is 0.210. The molecule has 1 N–H and O–H groups in total. The second-order valence-corrected chi connectivity index (χ2v) is 7.45. The van der Waals surface area contributed by atoms with Gasteiger partial charge in [-0.15, -0.1) is 0 Å². The highest BCUT2D eigenvalue weighted by atomic mass is 16.5. The Morgan fingerprint density at radius 2 is 1.92 bits per heavy atom. The summed E-state index contributed by atoms with van der Waals surface area (Å²) in [5.41, 5.74) is 1.67. The average molecular weight is 341 g/mol. The van der Waals surface area contributed by atoms with Crippen LogP contribution in [0.3, 0.4) is 0 Å². The summed E-state index contributed by atoms with van der Waals surface area (Å²) in [6, 6.07) is 11.0. The molecule has 1 saturated heterocycles. The third kappa shape index (κ3) is 5.27. The van der Waals surface area contributed by atoms with Gasteiger partial charge in [0.2, 0.25) is 0 Å². The Morgan fingerprint density at radius 1 is 1.12 bits per heavy atom. The van der Waals surface area contributed by atoms with Crippen molar-refractivity contribution >= 4 is 0 Å². The number of morpholine rings is 1. The van der Waals surface area contributed by atoms with Crippen molar-refractivity contribution in [3.8, 4) is 0 Å². The van der Waals surface area contributed by atoms with Crippen LogP contribution in [-0.2, 0) is 4.74 Å². The van der Waals surface area contributed by atoms with Crippen molar-refractivity contribution in [3.05, 3.63) is 60.2 Å².